The summed E-state index contributed by atoms with van der Waals surface area (Å²) in [4.78, 5) is 11.2. The minimum Gasteiger partial charge on any atom is -0.482 e. The number of aromatic nitrogens is 1. The van der Waals surface area contributed by atoms with E-state index >= 15 is 0 Å². The van der Waals surface area contributed by atoms with Crippen molar-refractivity contribution in [2.45, 2.75) is 12.7 Å². The van der Waals surface area contributed by atoms with Crippen molar-refractivity contribution in [2.75, 3.05) is 19.0 Å². The van der Waals surface area contributed by atoms with E-state index in [1.54, 1.807) is 18.2 Å². The molecule has 0 unspecified atom stereocenters. The molecular weight excluding hydrogens is 317 g/mol. The van der Waals surface area contributed by atoms with Crippen molar-refractivity contribution in [3.8, 4) is 5.75 Å². The molecule has 23 heavy (non-hydrogen) atoms. The predicted molar refractivity (Wildman–Crippen MR) is 73.2 cm³/mol. The zero-order chi connectivity index (χ0) is 16.9. The first kappa shape index (κ1) is 16.7. The number of methoxy groups -OCH3 is 1. The average Bonchev–Trinajstić information content (AvgIpc) is 2.99. The van der Waals surface area contributed by atoms with Crippen LogP contribution in [0.2, 0.25) is 0 Å². The Hall–Kier alpha value is -2.71. The predicted octanol–water partition coefficient (Wildman–Crippen LogP) is 3.01. The molecule has 0 saturated carbocycles. The molecule has 1 heterocycles. The van der Waals surface area contributed by atoms with Crippen molar-refractivity contribution in [3.05, 3.63) is 41.8 Å². The quantitative estimate of drug-likeness (QED) is 0.821. The number of esters is 1. The van der Waals surface area contributed by atoms with Gasteiger partial charge in [-0.05, 0) is 12.1 Å². The Labute approximate surface area is 129 Å². The van der Waals surface area contributed by atoms with Gasteiger partial charge in [-0.2, -0.15) is 13.2 Å². The Morgan fingerprint density at radius 2 is 2.09 bits per heavy atom. The van der Waals surface area contributed by atoms with Gasteiger partial charge in [0.15, 0.2) is 18.1 Å². The molecule has 2 rings (SSSR count). The lowest BCUT2D eigenvalue weighted by atomic mass is 10.3. The van der Waals surface area contributed by atoms with Crippen LogP contribution in [-0.4, -0.2) is 31.0 Å². The van der Waals surface area contributed by atoms with Crippen LogP contribution >= 0.6 is 0 Å². The summed E-state index contributed by atoms with van der Waals surface area (Å²) in [5, 5.41) is 6.38. The standard InChI is InChI=1S/C14H13F3N2O4/c1-21-13(20)11-6-9(23-19-11)7-18-10-4-2-3-5-12(10)22-8-14(15,16)17/h2-6,18H,7-8H2,1H3. The number of rotatable bonds is 6. The molecule has 0 fully saturated rings. The summed E-state index contributed by atoms with van der Waals surface area (Å²) in [6.07, 6.45) is -4.42. The zero-order valence-corrected chi connectivity index (χ0v) is 12.0. The molecule has 9 heteroatoms. The van der Waals surface area contributed by atoms with Gasteiger partial charge in [-0.15, -0.1) is 0 Å². The van der Waals surface area contributed by atoms with Gasteiger partial charge in [0.05, 0.1) is 19.3 Å². The average molecular weight is 330 g/mol. The highest BCUT2D eigenvalue weighted by atomic mass is 19.4. The Bertz CT molecular complexity index is 670. The Kier molecular flexibility index (Phi) is 5.09. The van der Waals surface area contributed by atoms with Crippen molar-refractivity contribution in [1.82, 2.24) is 5.16 Å². The number of halogens is 3. The van der Waals surface area contributed by atoms with Crippen molar-refractivity contribution in [3.63, 3.8) is 0 Å². The summed E-state index contributed by atoms with van der Waals surface area (Å²) in [6, 6.07) is 7.54. The second-order valence-corrected chi connectivity index (χ2v) is 4.42. The van der Waals surface area contributed by atoms with Crippen LogP contribution in [0.4, 0.5) is 18.9 Å². The van der Waals surface area contributed by atoms with Crippen LogP contribution in [0.1, 0.15) is 16.2 Å². The van der Waals surface area contributed by atoms with Crippen LogP contribution < -0.4 is 10.1 Å². The Morgan fingerprint density at radius 1 is 1.35 bits per heavy atom. The molecule has 1 aromatic heterocycles. The number of carbonyl (C=O) groups is 1. The highest BCUT2D eigenvalue weighted by Gasteiger charge is 2.28. The van der Waals surface area contributed by atoms with Crippen LogP contribution in [0.5, 0.6) is 5.75 Å². The molecular formula is C14H13F3N2O4. The molecule has 0 atom stereocenters. The van der Waals surface area contributed by atoms with E-state index in [1.807, 2.05) is 0 Å². The molecule has 0 amide bonds. The van der Waals surface area contributed by atoms with Gasteiger partial charge in [-0.3, -0.25) is 0 Å². The lowest BCUT2D eigenvalue weighted by Gasteiger charge is -2.13. The van der Waals surface area contributed by atoms with E-state index < -0.39 is 18.8 Å². The van der Waals surface area contributed by atoms with E-state index in [9.17, 15) is 18.0 Å². The number of nitrogens with zero attached hydrogens (tertiary/aromatic N) is 1. The molecule has 0 aliphatic carbocycles. The number of anilines is 1. The molecule has 0 saturated heterocycles. The second kappa shape index (κ2) is 7.03. The van der Waals surface area contributed by atoms with Crippen molar-refractivity contribution in [1.29, 1.82) is 0 Å². The molecule has 0 aliphatic heterocycles. The topological polar surface area (TPSA) is 73.6 Å². The molecule has 0 bridgehead atoms. The number of benzene rings is 1. The zero-order valence-electron chi connectivity index (χ0n) is 12.0. The smallest absolute Gasteiger partial charge is 0.422 e. The van der Waals surface area contributed by atoms with Gasteiger partial charge in [0, 0.05) is 6.07 Å². The number of alkyl halides is 3. The molecule has 1 N–H and O–H groups in total. The highest BCUT2D eigenvalue weighted by Crippen LogP contribution is 2.26. The van der Waals surface area contributed by atoms with E-state index in [4.69, 9.17) is 9.26 Å². The molecule has 0 spiro atoms. The van der Waals surface area contributed by atoms with Crippen LogP contribution in [-0.2, 0) is 11.3 Å². The largest absolute Gasteiger partial charge is 0.482 e. The van der Waals surface area contributed by atoms with E-state index in [1.165, 1.54) is 19.2 Å². The van der Waals surface area contributed by atoms with Gasteiger partial charge in [0.25, 0.3) is 0 Å². The van der Waals surface area contributed by atoms with Gasteiger partial charge < -0.3 is 19.3 Å². The minimum absolute atomic E-state index is 0.00547. The first-order valence-electron chi connectivity index (χ1n) is 6.45. The maximum Gasteiger partial charge on any atom is 0.422 e. The van der Waals surface area contributed by atoms with Gasteiger partial charge in [-0.25, -0.2) is 4.79 Å². The fourth-order valence-electron chi connectivity index (χ4n) is 1.68. The molecule has 1 aromatic carbocycles. The molecule has 6 nitrogen and oxygen atoms in total. The number of ether oxygens (including phenoxy) is 2. The summed E-state index contributed by atoms with van der Waals surface area (Å²) in [5.41, 5.74) is 0.360. The third kappa shape index (κ3) is 4.90. The summed E-state index contributed by atoms with van der Waals surface area (Å²) >= 11 is 0. The number of para-hydroxylation sites is 2. The highest BCUT2D eigenvalue weighted by molar-refractivity contribution is 5.86. The van der Waals surface area contributed by atoms with Crippen LogP contribution in [0, 0.1) is 0 Å². The second-order valence-electron chi connectivity index (χ2n) is 4.42. The fraction of sp³-hybridized carbons (Fsp3) is 0.286. The lowest BCUT2D eigenvalue weighted by Crippen LogP contribution is -2.19. The van der Waals surface area contributed by atoms with E-state index in [-0.39, 0.29) is 18.0 Å². The first-order chi connectivity index (χ1) is 10.9. The first-order valence-corrected chi connectivity index (χ1v) is 6.45. The number of hydrogen-bond donors (Lipinski definition) is 1. The van der Waals surface area contributed by atoms with E-state index in [0.29, 0.717) is 11.4 Å². The van der Waals surface area contributed by atoms with Gasteiger partial charge >= 0.3 is 12.1 Å². The molecule has 2 aromatic rings. The lowest BCUT2D eigenvalue weighted by molar-refractivity contribution is -0.153. The third-order valence-electron chi connectivity index (χ3n) is 2.68. The number of nitrogens with one attached hydrogen (secondary N) is 1. The van der Waals surface area contributed by atoms with Crippen molar-refractivity contribution in [2.24, 2.45) is 0 Å². The van der Waals surface area contributed by atoms with E-state index in [2.05, 4.69) is 15.2 Å². The summed E-state index contributed by atoms with van der Waals surface area (Å²) in [6.45, 7) is -1.28. The van der Waals surface area contributed by atoms with Gasteiger partial charge in [0.2, 0.25) is 0 Å². The normalized spacial score (nSPS) is 11.1. The minimum atomic E-state index is -4.42. The SMILES string of the molecule is COC(=O)c1cc(CNc2ccccc2OCC(F)(F)F)on1. The van der Waals surface area contributed by atoms with Gasteiger partial charge in [0.1, 0.15) is 5.75 Å². The summed E-state index contributed by atoms with van der Waals surface area (Å²) in [5.74, 6) is -0.275. The number of carbonyl (C=O) groups excluding carboxylic acids is 1. The monoisotopic (exact) mass is 330 g/mol. The molecule has 124 valence electrons. The van der Waals surface area contributed by atoms with Crippen molar-refractivity contribution < 1.29 is 32.0 Å². The van der Waals surface area contributed by atoms with Gasteiger partial charge in [-0.1, -0.05) is 17.3 Å². The Morgan fingerprint density at radius 3 is 2.78 bits per heavy atom. The maximum absolute atomic E-state index is 12.2. The van der Waals surface area contributed by atoms with Crippen LogP contribution in [0.25, 0.3) is 0 Å². The van der Waals surface area contributed by atoms with Crippen molar-refractivity contribution >= 4 is 11.7 Å². The molecule has 0 radical (unpaired) electrons. The van der Waals surface area contributed by atoms with Crippen LogP contribution in [0.15, 0.2) is 34.9 Å². The van der Waals surface area contributed by atoms with Crippen LogP contribution in [0.3, 0.4) is 0 Å². The summed E-state index contributed by atoms with van der Waals surface area (Å²) in [7, 11) is 1.21. The number of hydrogen-bond acceptors (Lipinski definition) is 6. The summed E-state index contributed by atoms with van der Waals surface area (Å²) < 4.78 is 50.8. The van der Waals surface area contributed by atoms with E-state index in [0.717, 1.165) is 0 Å². The maximum atomic E-state index is 12.2. The Balaban J connectivity index is 2.00. The third-order valence-corrected chi connectivity index (χ3v) is 2.68. The molecule has 0 aliphatic rings. The fourth-order valence-corrected chi connectivity index (χ4v) is 1.68.